The minimum atomic E-state index is -0.00948. The Morgan fingerprint density at radius 3 is 2.42 bits per heavy atom. The van der Waals surface area contributed by atoms with Gasteiger partial charge in [0.25, 0.3) is 0 Å². The van der Waals surface area contributed by atoms with Crippen LogP contribution in [0.15, 0.2) is 24.3 Å². The summed E-state index contributed by atoms with van der Waals surface area (Å²) in [5.41, 5.74) is 7.32. The monoisotopic (exact) mass is 552 g/mol. The first kappa shape index (κ1) is 30.0. The first-order valence-corrected chi connectivity index (χ1v) is 15.3. The lowest BCUT2D eigenvalue weighted by Crippen LogP contribution is -2.31. The predicted molar refractivity (Wildman–Crippen MR) is 161 cm³/mol. The van der Waals surface area contributed by atoms with Crippen molar-refractivity contribution >= 4 is 29.4 Å². The Balaban J connectivity index is 1.28. The van der Waals surface area contributed by atoms with Gasteiger partial charge in [0.1, 0.15) is 0 Å². The number of nitrogens with two attached hydrogens (primary N) is 1. The number of nitrogens with one attached hydrogen (secondary N) is 3. The fraction of sp³-hybridized carbons (Fsp3) is 0.667. The van der Waals surface area contributed by atoms with Gasteiger partial charge in [-0.15, -0.1) is 0 Å². The number of aromatic nitrogens is 3. The normalized spacial score (nSPS) is 16.1. The number of nitrogens with zero attached hydrogens (tertiary/aromatic N) is 4. The summed E-state index contributed by atoms with van der Waals surface area (Å²) in [6, 6.07) is 7.86. The molecule has 5 N–H and O–H groups in total. The van der Waals surface area contributed by atoms with Gasteiger partial charge in [0.15, 0.2) is 0 Å². The van der Waals surface area contributed by atoms with Crippen LogP contribution in [0.2, 0.25) is 0 Å². The van der Waals surface area contributed by atoms with Crippen molar-refractivity contribution in [1.82, 2.24) is 20.3 Å². The van der Waals surface area contributed by atoms with Crippen molar-refractivity contribution in [3.05, 3.63) is 29.8 Å². The molecule has 10 heteroatoms. The summed E-state index contributed by atoms with van der Waals surface area (Å²) in [4.78, 5) is 28.8. The highest BCUT2D eigenvalue weighted by atomic mass is 16.5. The molecule has 2 aliphatic rings. The van der Waals surface area contributed by atoms with E-state index in [1.54, 1.807) is 0 Å². The van der Waals surface area contributed by atoms with Gasteiger partial charge in [-0.2, -0.15) is 15.0 Å². The second-order valence-electron chi connectivity index (χ2n) is 11.0. The average Bonchev–Trinajstić information content (AvgIpc) is 2.99. The summed E-state index contributed by atoms with van der Waals surface area (Å²) in [6.07, 6.45) is 13.6. The third kappa shape index (κ3) is 10.5. The van der Waals surface area contributed by atoms with Crippen LogP contribution in [0.3, 0.4) is 0 Å². The number of hydrogen-bond acceptors (Lipinski definition) is 9. The fourth-order valence-corrected chi connectivity index (χ4v) is 5.33. The molecule has 1 aromatic heterocycles. The van der Waals surface area contributed by atoms with Crippen molar-refractivity contribution in [2.45, 2.75) is 77.0 Å². The lowest BCUT2D eigenvalue weighted by atomic mass is 9.89. The van der Waals surface area contributed by atoms with E-state index in [2.05, 4.69) is 20.9 Å². The van der Waals surface area contributed by atoms with Crippen LogP contribution < -0.4 is 26.6 Å². The van der Waals surface area contributed by atoms with Crippen LogP contribution in [0, 0.1) is 5.92 Å². The van der Waals surface area contributed by atoms with Gasteiger partial charge < -0.3 is 31.3 Å². The Morgan fingerprint density at radius 1 is 0.900 bits per heavy atom. The highest BCUT2D eigenvalue weighted by Gasteiger charge is 2.18. The molecular formula is C30H48N8O2. The van der Waals surface area contributed by atoms with Gasteiger partial charge in [-0.1, -0.05) is 31.4 Å². The van der Waals surface area contributed by atoms with Crippen molar-refractivity contribution in [3.63, 3.8) is 0 Å². The van der Waals surface area contributed by atoms with Crippen molar-refractivity contribution in [1.29, 1.82) is 0 Å². The molecule has 0 bridgehead atoms. The van der Waals surface area contributed by atoms with E-state index in [1.165, 1.54) is 38.5 Å². The summed E-state index contributed by atoms with van der Waals surface area (Å²) in [5, 5.41) is 9.78. The van der Waals surface area contributed by atoms with Crippen LogP contribution in [0.1, 0.15) is 76.2 Å². The van der Waals surface area contributed by atoms with Crippen LogP contribution in [-0.4, -0.2) is 66.8 Å². The smallest absolute Gasteiger partial charge is 0.233 e. The van der Waals surface area contributed by atoms with Gasteiger partial charge in [-0.3, -0.25) is 4.79 Å². The molecule has 2 fully saturated rings. The van der Waals surface area contributed by atoms with Gasteiger partial charge in [-0.25, -0.2) is 0 Å². The third-order valence-corrected chi connectivity index (χ3v) is 7.67. The zero-order chi connectivity index (χ0) is 27.8. The summed E-state index contributed by atoms with van der Waals surface area (Å²) in [5.74, 6) is 2.58. The summed E-state index contributed by atoms with van der Waals surface area (Å²) >= 11 is 0. The molecule has 0 unspecified atom stereocenters. The Labute approximate surface area is 239 Å². The molecule has 1 aliphatic carbocycles. The number of hydrogen-bond donors (Lipinski definition) is 4. The summed E-state index contributed by atoms with van der Waals surface area (Å²) in [6.45, 7) is 5.34. The maximum atomic E-state index is 12.3. The second-order valence-corrected chi connectivity index (χ2v) is 11.0. The van der Waals surface area contributed by atoms with E-state index in [4.69, 9.17) is 25.4 Å². The Hall–Kier alpha value is -2.98. The van der Waals surface area contributed by atoms with Crippen molar-refractivity contribution < 1.29 is 9.53 Å². The van der Waals surface area contributed by atoms with E-state index in [-0.39, 0.29) is 5.91 Å². The van der Waals surface area contributed by atoms with Gasteiger partial charge in [-0.05, 0) is 81.5 Å². The van der Waals surface area contributed by atoms with Gasteiger partial charge in [0.05, 0.1) is 13.0 Å². The maximum absolute atomic E-state index is 12.3. The molecule has 2 heterocycles. The van der Waals surface area contributed by atoms with E-state index in [0.717, 1.165) is 75.5 Å². The number of piperidine rings is 1. The molecule has 2 aromatic rings. The van der Waals surface area contributed by atoms with Crippen LogP contribution >= 0.6 is 0 Å². The predicted octanol–water partition coefficient (Wildman–Crippen LogP) is 4.40. The number of rotatable bonds is 16. The van der Waals surface area contributed by atoms with Crippen molar-refractivity contribution in [2.75, 3.05) is 61.5 Å². The Morgan fingerprint density at radius 2 is 1.65 bits per heavy atom. The summed E-state index contributed by atoms with van der Waals surface area (Å²) in [7, 11) is 0. The fourth-order valence-electron chi connectivity index (χ4n) is 5.33. The standard InChI is InChI=1S/C30H48N8O2/c31-16-6-2-9-20-40-21-17-32-27(39)22-24-12-14-26(15-13-24)34-29-35-28(33-23-25-10-4-1-5-11-25)36-30(37-29)38-18-7-3-8-19-38/h12-15,25H,1-11,16-23,31H2,(H,32,39)(H2,33,34,35,36,37). The number of amides is 1. The molecule has 1 amide bonds. The third-order valence-electron chi connectivity index (χ3n) is 7.67. The van der Waals surface area contributed by atoms with Gasteiger partial charge in [0.2, 0.25) is 23.8 Å². The zero-order valence-electron chi connectivity index (χ0n) is 24.0. The second kappa shape index (κ2) is 17.0. The number of benzene rings is 1. The van der Waals surface area contributed by atoms with Gasteiger partial charge >= 0.3 is 0 Å². The van der Waals surface area contributed by atoms with E-state index in [0.29, 0.717) is 44.0 Å². The molecule has 0 spiro atoms. The largest absolute Gasteiger partial charge is 0.380 e. The lowest BCUT2D eigenvalue weighted by Gasteiger charge is -2.27. The molecule has 1 aromatic carbocycles. The van der Waals surface area contributed by atoms with Crippen molar-refractivity contribution in [2.24, 2.45) is 11.7 Å². The summed E-state index contributed by atoms with van der Waals surface area (Å²) < 4.78 is 5.57. The number of carbonyl (C=O) groups is 1. The first-order valence-electron chi connectivity index (χ1n) is 15.3. The molecule has 0 atom stereocenters. The highest BCUT2D eigenvalue weighted by molar-refractivity contribution is 5.78. The van der Waals surface area contributed by atoms with Crippen LogP contribution in [0.25, 0.3) is 0 Å². The van der Waals surface area contributed by atoms with Crippen LogP contribution in [0.4, 0.5) is 23.5 Å². The number of anilines is 4. The molecule has 1 saturated carbocycles. The number of ether oxygens (including phenoxy) is 1. The molecule has 40 heavy (non-hydrogen) atoms. The molecule has 220 valence electrons. The maximum Gasteiger partial charge on any atom is 0.233 e. The van der Waals surface area contributed by atoms with Gasteiger partial charge in [0, 0.05) is 38.5 Å². The molecule has 10 nitrogen and oxygen atoms in total. The Bertz CT molecular complexity index is 1010. The molecule has 1 aliphatic heterocycles. The average molecular weight is 553 g/mol. The number of unbranched alkanes of at least 4 members (excludes halogenated alkanes) is 2. The molecule has 4 rings (SSSR count). The topological polar surface area (TPSA) is 130 Å². The first-order chi connectivity index (χ1) is 19.7. The minimum absolute atomic E-state index is 0.00948. The van der Waals surface area contributed by atoms with E-state index in [9.17, 15) is 4.79 Å². The molecular weight excluding hydrogens is 504 g/mol. The van der Waals surface area contributed by atoms with Crippen molar-refractivity contribution in [3.8, 4) is 0 Å². The Kier molecular flexibility index (Phi) is 12.7. The minimum Gasteiger partial charge on any atom is -0.380 e. The number of carbonyl (C=O) groups excluding carboxylic acids is 1. The van der Waals surface area contributed by atoms with E-state index in [1.807, 2.05) is 24.3 Å². The highest BCUT2D eigenvalue weighted by Crippen LogP contribution is 2.25. The molecule has 0 radical (unpaired) electrons. The SMILES string of the molecule is NCCCCCOCCNC(=O)Cc1ccc(Nc2nc(NCC3CCCCC3)nc(N3CCCCC3)n2)cc1. The quantitative estimate of drug-likeness (QED) is 0.224. The zero-order valence-corrected chi connectivity index (χ0v) is 24.0. The van der Waals surface area contributed by atoms with E-state index >= 15 is 0 Å². The van der Waals surface area contributed by atoms with E-state index < -0.39 is 0 Å². The lowest BCUT2D eigenvalue weighted by molar-refractivity contribution is -0.120. The van der Waals surface area contributed by atoms with Crippen LogP contribution in [0.5, 0.6) is 0 Å². The molecule has 1 saturated heterocycles. The van der Waals surface area contributed by atoms with Crippen LogP contribution in [-0.2, 0) is 16.0 Å².